The highest BCUT2D eigenvalue weighted by Gasteiger charge is 2.33. The van der Waals surface area contributed by atoms with E-state index in [1.165, 1.54) is 7.11 Å². The highest BCUT2D eigenvalue weighted by Crippen LogP contribution is 2.33. The normalized spacial score (nSPS) is 16.3. The molecule has 1 aliphatic rings. The van der Waals surface area contributed by atoms with Gasteiger partial charge in [-0.25, -0.2) is 8.42 Å². The summed E-state index contributed by atoms with van der Waals surface area (Å²) in [5.74, 6) is 0.138. The Morgan fingerprint density at radius 1 is 1.19 bits per heavy atom. The van der Waals surface area contributed by atoms with Crippen molar-refractivity contribution in [1.29, 1.82) is 0 Å². The van der Waals surface area contributed by atoms with Gasteiger partial charge < -0.3 is 9.64 Å². The Bertz CT molecular complexity index is 927. The molecule has 1 unspecified atom stereocenters. The zero-order chi connectivity index (χ0) is 18.9. The minimum Gasteiger partial charge on any atom is -0.495 e. The SMILES string of the molecule is COc1ccccc1N(CC(=O)N1c2ccccc2CC1C)S(C)(=O)=O. The van der Waals surface area contributed by atoms with Crippen molar-refractivity contribution in [1.82, 2.24) is 0 Å². The van der Waals surface area contributed by atoms with E-state index in [9.17, 15) is 13.2 Å². The maximum atomic E-state index is 13.0. The smallest absolute Gasteiger partial charge is 0.248 e. The Balaban J connectivity index is 1.95. The molecule has 26 heavy (non-hydrogen) atoms. The monoisotopic (exact) mass is 374 g/mol. The maximum Gasteiger partial charge on any atom is 0.248 e. The molecule has 1 aliphatic heterocycles. The fraction of sp³-hybridized carbons (Fsp3) is 0.316. The number of fused-ring (bicyclic) bond motifs is 1. The first kappa shape index (κ1) is 18.3. The van der Waals surface area contributed by atoms with Crippen LogP contribution in [0.3, 0.4) is 0 Å². The second-order valence-corrected chi connectivity index (χ2v) is 8.29. The van der Waals surface area contributed by atoms with E-state index in [0.29, 0.717) is 11.4 Å². The number of para-hydroxylation sites is 3. The summed E-state index contributed by atoms with van der Waals surface area (Å²) in [6.45, 7) is 1.68. The molecule has 2 aromatic carbocycles. The number of nitrogens with zero attached hydrogens (tertiary/aromatic N) is 2. The summed E-state index contributed by atoms with van der Waals surface area (Å²) in [5, 5.41) is 0. The van der Waals surface area contributed by atoms with Gasteiger partial charge in [0.05, 0.1) is 19.1 Å². The lowest BCUT2D eigenvalue weighted by molar-refractivity contribution is -0.117. The second-order valence-electron chi connectivity index (χ2n) is 6.39. The summed E-state index contributed by atoms with van der Waals surface area (Å²) in [5.41, 5.74) is 2.29. The molecule has 1 heterocycles. The number of hydrogen-bond donors (Lipinski definition) is 0. The summed E-state index contributed by atoms with van der Waals surface area (Å²) in [6.07, 6.45) is 1.85. The lowest BCUT2D eigenvalue weighted by Gasteiger charge is -2.28. The summed E-state index contributed by atoms with van der Waals surface area (Å²) < 4.78 is 31.1. The molecule has 0 aliphatic carbocycles. The van der Waals surface area contributed by atoms with Crippen molar-refractivity contribution in [3.8, 4) is 5.75 Å². The molecular weight excluding hydrogens is 352 g/mol. The van der Waals surface area contributed by atoms with Crippen LogP contribution < -0.4 is 13.9 Å². The number of methoxy groups -OCH3 is 1. The molecule has 0 saturated heterocycles. The van der Waals surface area contributed by atoms with Crippen molar-refractivity contribution >= 4 is 27.3 Å². The van der Waals surface area contributed by atoms with Gasteiger partial charge in [0.25, 0.3) is 0 Å². The molecule has 6 nitrogen and oxygen atoms in total. The molecule has 0 bridgehead atoms. The van der Waals surface area contributed by atoms with Crippen molar-refractivity contribution in [2.24, 2.45) is 0 Å². The fourth-order valence-corrected chi connectivity index (χ4v) is 4.21. The van der Waals surface area contributed by atoms with Gasteiger partial charge in [0.1, 0.15) is 12.3 Å². The van der Waals surface area contributed by atoms with E-state index in [-0.39, 0.29) is 18.5 Å². The molecule has 0 aromatic heterocycles. The third kappa shape index (κ3) is 3.39. The Hall–Kier alpha value is -2.54. The summed E-state index contributed by atoms with van der Waals surface area (Å²) >= 11 is 0. The number of anilines is 2. The van der Waals surface area contributed by atoms with Crippen LogP contribution >= 0.6 is 0 Å². The third-order valence-corrected chi connectivity index (χ3v) is 5.64. The largest absolute Gasteiger partial charge is 0.495 e. The molecule has 1 amide bonds. The highest BCUT2D eigenvalue weighted by molar-refractivity contribution is 7.92. The van der Waals surface area contributed by atoms with E-state index in [1.807, 2.05) is 31.2 Å². The number of rotatable bonds is 5. The number of amides is 1. The van der Waals surface area contributed by atoms with Crippen LogP contribution in [0.4, 0.5) is 11.4 Å². The lowest BCUT2D eigenvalue weighted by atomic mass is 10.1. The molecule has 138 valence electrons. The van der Waals surface area contributed by atoms with Crippen molar-refractivity contribution in [2.45, 2.75) is 19.4 Å². The van der Waals surface area contributed by atoms with E-state index in [1.54, 1.807) is 29.2 Å². The Morgan fingerprint density at radius 2 is 1.85 bits per heavy atom. The molecule has 0 radical (unpaired) electrons. The number of benzene rings is 2. The van der Waals surface area contributed by atoms with E-state index in [2.05, 4.69) is 0 Å². The zero-order valence-electron chi connectivity index (χ0n) is 15.0. The standard InChI is InChI=1S/C19H22N2O4S/c1-14-12-15-8-4-5-9-16(15)21(14)19(22)13-20(26(3,23)24)17-10-6-7-11-18(17)25-2/h4-11,14H,12-13H2,1-3H3. The average Bonchev–Trinajstić information content (AvgIpc) is 2.94. The molecule has 1 atom stereocenters. The first-order chi connectivity index (χ1) is 12.3. The molecule has 2 aromatic rings. The summed E-state index contributed by atoms with van der Waals surface area (Å²) in [6, 6.07) is 14.5. The van der Waals surface area contributed by atoms with Crippen LogP contribution in [-0.2, 0) is 21.2 Å². The molecular formula is C19H22N2O4S. The molecule has 0 saturated carbocycles. The number of carbonyl (C=O) groups is 1. The van der Waals surface area contributed by atoms with E-state index < -0.39 is 10.0 Å². The van der Waals surface area contributed by atoms with Gasteiger partial charge in [0.15, 0.2) is 0 Å². The molecule has 0 spiro atoms. The van der Waals surface area contributed by atoms with Crippen LogP contribution in [-0.4, -0.2) is 40.3 Å². The lowest BCUT2D eigenvalue weighted by Crippen LogP contribution is -2.45. The minimum absolute atomic E-state index is 0.0148. The van der Waals surface area contributed by atoms with Gasteiger partial charge in [-0.05, 0) is 37.1 Å². The third-order valence-electron chi connectivity index (χ3n) is 4.51. The Kier molecular flexibility index (Phi) is 4.91. The molecule has 0 N–H and O–H groups in total. The number of carbonyl (C=O) groups excluding carboxylic acids is 1. The fourth-order valence-electron chi connectivity index (χ4n) is 3.36. The zero-order valence-corrected chi connectivity index (χ0v) is 15.9. The van der Waals surface area contributed by atoms with Crippen LogP contribution in [0.1, 0.15) is 12.5 Å². The van der Waals surface area contributed by atoms with E-state index in [4.69, 9.17) is 4.74 Å². The highest BCUT2D eigenvalue weighted by atomic mass is 32.2. The first-order valence-corrected chi connectivity index (χ1v) is 10.2. The molecule has 0 fully saturated rings. The van der Waals surface area contributed by atoms with Gasteiger partial charge in [-0.2, -0.15) is 0 Å². The van der Waals surface area contributed by atoms with Crippen molar-refractivity contribution in [3.05, 3.63) is 54.1 Å². The minimum atomic E-state index is -3.66. The summed E-state index contributed by atoms with van der Waals surface area (Å²) in [7, 11) is -2.19. The second kappa shape index (κ2) is 6.99. The van der Waals surface area contributed by atoms with E-state index in [0.717, 1.165) is 28.2 Å². The van der Waals surface area contributed by atoms with Crippen LogP contribution in [0.2, 0.25) is 0 Å². The Labute approximate surface area is 154 Å². The summed E-state index contributed by atoms with van der Waals surface area (Å²) in [4.78, 5) is 14.7. The number of ether oxygens (including phenoxy) is 1. The van der Waals surface area contributed by atoms with Gasteiger partial charge in [-0.1, -0.05) is 30.3 Å². The quantitative estimate of drug-likeness (QED) is 0.806. The number of sulfonamides is 1. The van der Waals surface area contributed by atoms with Crippen LogP contribution in [0.15, 0.2) is 48.5 Å². The number of hydrogen-bond acceptors (Lipinski definition) is 4. The van der Waals surface area contributed by atoms with E-state index >= 15 is 0 Å². The van der Waals surface area contributed by atoms with Gasteiger partial charge in [-0.15, -0.1) is 0 Å². The van der Waals surface area contributed by atoms with Gasteiger partial charge in [0, 0.05) is 11.7 Å². The molecule has 7 heteroatoms. The van der Waals surface area contributed by atoms with Crippen molar-refractivity contribution in [2.75, 3.05) is 29.1 Å². The van der Waals surface area contributed by atoms with Crippen LogP contribution in [0, 0.1) is 0 Å². The van der Waals surface area contributed by atoms with Crippen molar-refractivity contribution in [3.63, 3.8) is 0 Å². The predicted octanol–water partition coefficient (Wildman–Crippen LogP) is 2.44. The van der Waals surface area contributed by atoms with Crippen LogP contribution in [0.5, 0.6) is 5.75 Å². The topological polar surface area (TPSA) is 66.9 Å². The van der Waals surface area contributed by atoms with Crippen molar-refractivity contribution < 1.29 is 17.9 Å². The predicted molar refractivity (Wildman–Crippen MR) is 102 cm³/mol. The average molecular weight is 374 g/mol. The van der Waals surface area contributed by atoms with Crippen LogP contribution in [0.25, 0.3) is 0 Å². The maximum absolute atomic E-state index is 13.0. The van der Waals surface area contributed by atoms with Gasteiger partial charge in [0.2, 0.25) is 15.9 Å². The Morgan fingerprint density at radius 3 is 2.54 bits per heavy atom. The molecule has 3 rings (SSSR count). The first-order valence-electron chi connectivity index (χ1n) is 8.33. The van der Waals surface area contributed by atoms with Gasteiger partial charge in [-0.3, -0.25) is 9.10 Å². The van der Waals surface area contributed by atoms with Gasteiger partial charge >= 0.3 is 0 Å².